The second kappa shape index (κ2) is 8.71. The van der Waals surface area contributed by atoms with Gasteiger partial charge in [0.1, 0.15) is 0 Å². The number of hydrogen-bond acceptors (Lipinski definition) is 5. The Hall–Kier alpha value is -2.44. The molecular formula is C21H30N2O5. The number of rotatable bonds is 6. The molecule has 2 aliphatic heterocycles. The number of ether oxygens (including phenoxy) is 3. The molecule has 7 nitrogen and oxygen atoms in total. The molecule has 28 heavy (non-hydrogen) atoms. The number of carbonyl (C=O) groups is 2. The summed E-state index contributed by atoms with van der Waals surface area (Å²) in [7, 11) is 4.62. The first-order chi connectivity index (χ1) is 13.5. The highest BCUT2D eigenvalue weighted by Gasteiger charge is 2.39. The summed E-state index contributed by atoms with van der Waals surface area (Å²) in [6, 6.07) is 3.80. The molecule has 2 saturated heterocycles. The molecule has 0 radical (unpaired) electrons. The van der Waals surface area contributed by atoms with Gasteiger partial charge < -0.3 is 24.0 Å². The van der Waals surface area contributed by atoms with Gasteiger partial charge in [-0.25, -0.2) is 0 Å². The molecule has 0 aliphatic carbocycles. The van der Waals surface area contributed by atoms with E-state index in [1.54, 1.807) is 38.4 Å². The normalized spacial score (nSPS) is 22.4. The predicted molar refractivity (Wildman–Crippen MR) is 106 cm³/mol. The summed E-state index contributed by atoms with van der Waals surface area (Å²) >= 11 is 0. The van der Waals surface area contributed by atoms with E-state index in [4.69, 9.17) is 14.2 Å². The lowest BCUT2D eigenvalue weighted by molar-refractivity contribution is -0.139. The molecule has 2 unspecified atom stereocenters. The minimum Gasteiger partial charge on any atom is -0.493 e. The largest absolute Gasteiger partial charge is 0.493 e. The summed E-state index contributed by atoms with van der Waals surface area (Å²) in [6.45, 7) is 3.30. The number of amides is 2. The zero-order chi connectivity index (χ0) is 20.3. The van der Waals surface area contributed by atoms with E-state index in [0.29, 0.717) is 35.5 Å². The van der Waals surface area contributed by atoms with Gasteiger partial charge in [0.2, 0.25) is 17.6 Å². The Morgan fingerprint density at radius 1 is 1.11 bits per heavy atom. The van der Waals surface area contributed by atoms with Crippen molar-refractivity contribution in [3.05, 3.63) is 12.1 Å². The topological polar surface area (TPSA) is 68.3 Å². The fourth-order valence-electron chi connectivity index (χ4n) is 4.30. The van der Waals surface area contributed by atoms with Crippen molar-refractivity contribution in [2.75, 3.05) is 39.3 Å². The van der Waals surface area contributed by atoms with Crippen LogP contribution in [0.4, 0.5) is 5.69 Å². The summed E-state index contributed by atoms with van der Waals surface area (Å²) in [5.74, 6) is 1.20. The van der Waals surface area contributed by atoms with Gasteiger partial charge in [0.25, 0.3) is 0 Å². The number of methoxy groups -OCH3 is 3. The van der Waals surface area contributed by atoms with E-state index in [-0.39, 0.29) is 24.2 Å². The third-order valence-corrected chi connectivity index (χ3v) is 5.82. The molecule has 2 fully saturated rings. The third kappa shape index (κ3) is 3.75. The quantitative estimate of drug-likeness (QED) is 0.747. The molecule has 0 saturated carbocycles. The van der Waals surface area contributed by atoms with Crippen LogP contribution in [0.15, 0.2) is 12.1 Å². The first-order valence-electron chi connectivity index (χ1n) is 9.94. The van der Waals surface area contributed by atoms with E-state index in [1.165, 1.54) is 6.42 Å². The Balaban J connectivity index is 1.82. The van der Waals surface area contributed by atoms with Gasteiger partial charge in [-0.05, 0) is 25.7 Å². The first-order valence-corrected chi connectivity index (χ1v) is 9.94. The fraction of sp³-hybridized carbons (Fsp3) is 0.619. The molecule has 3 rings (SSSR count). The summed E-state index contributed by atoms with van der Waals surface area (Å²) in [6.07, 6.45) is 4.47. The standard InChI is InChI=1S/C21H30N2O5/c1-5-15-8-6-7-9-22(15)21(25)14-10-19(24)23(13-14)16-11-17(26-2)20(28-4)18(12-16)27-3/h11-12,14-15H,5-10,13H2,1-4H3. The fourth-order valence-corrected chi connectivity index (χ4v) is 4.30. The summed E-state index contributed by atoms with van der Waals surface area (Å²) in [5.41, 5.74) is 0.653. The van der Waals surface area contributed by atoms with E-state index >= 15 is 0 Å². The van der Waals surface area contributed by atoms with Gasteiger partial charge in [-0.15, -0.1) is 0 Å². The number of carbonyl (C=O) groups excluding carboxylic acids is 2. The van der Waals surface area contributed by atoms with Gasteiger partial charge in [-0.1, -0.05) is 6.92 Å². The zero-order valence-electron chi connectivity index (χ0n) is 17.2. The minimum atomic E-state index is -0.307. The van der Waals surface area contributed by atoms with Crippen LogP contribution in [-0.2, 0) is 9.59 Å². The van der Waals surface area contributed by atoms with Crippen molar-refractivity contribution in [3.63, 3.8) is 0 Å². The number of likely N-dealkylation sites (tertiary alicyclic amines) is 1. The SMILES string of the molecule is CCC1CCCCN1C(=O)C1CC(=O)N(c2cc(OC)c(OC)c(OC)c2)C1. The zero-order valence-corrected chi connectivity index (χ0v) is 17.2. The summed E-state index contributed by atoms with van der Waals surface area (Å²) in [5, 5.41) is 0. The van der Waals surface area contributed by atoms with Crippen molar-refractivity contribution >= 4 is 17.5 Å². The van der Waals surface area contributed by atoms with Crippen molar-refractivity contribution in [2.45, 2.75) is 45.1 Å². The van der Waals surface area contributed by atoms with Gasteiger partial charge in [0.05, 0.1) is 32.9 Å². The Kier molecular flexibility index (Phi) is 6.31. The van der Waals surface area contributed by atoms with Gasteiger partial charge in [-0.3, -0.25) is 9.59 Å². The van der Waals surface area contributed by atoms with Crippen molar-refractivity contribution < 1.29 is 23.8 Å². The molecular weight excluding hydrogens is 360 g/mol. The molecule has 2 heterocycles. The maximum absolute atomic E-state index is 13.1. The first kappa shape index (κ1) is 20.3. The lowest BCUT2D eigenvalue weighted by Crippen LogP contribution is -2.46. The van der Waals surface area contributed by atoms with E-state index in [1.807, 2.05) is 4.90 Å². The molecule has 1 aromatic rings. The maximum Gasteiger partial charge on any atom is 0.228 e. The Morgan fingerprint density at radius 2 is 1.79 bits per heavy atom. The van der Waals surface area contributed by atoms with Crippen LogP contribution < -0.4 is 19.1 Å². The maximum atomic E-state index is 13.1. The second-order valence-electron chi connectivity index (χ2n) is 7.38. The van der Waals surface area contributed by atoms with Crippen LogP contribution in [0.2, 0.25) is 0 Å². The highest BCUT2D eigenvalue weighted by molar-refractivity contribution is 6.00. The van der Waals surface area contributed by atoms with Crippen LogP contribution in [0.25, 0.3) is 0 Å². The summed E-state index contributed by atoms with van der Waals surface area (Å²) < 4.78 is 16.1. The van der Waals surface area contributed by atoms with Crippen molar-refractivity contribution in [1.29, 1.82) is 0 Å². The Labute approximate surface area is 166 Å². The second-order valence-corrected chi connectivity index (χ2v) is 7.38. The Bertz CT molecular complexity index is 711. The van der Waals surface area contributed by atoms with E-state index < -0.39 is 0 Å². The van der Waals surface area contributed by atoms with Crippen LogP contribution in [0.5, 0.6) is 17.2 Å². The number of benzene rings is 1. The number of piperidine rings is 1. The van der Waals surface area contributed by atoms with E-state index in [2.05, 4.69) is 6.92 Å². The van der Waals surface area contributed by atoms with Crippen LogP contribution >= 0.6 is 0 Å². The molecule has 2 aliphatic rings. The van der Waals surface area contributed by atoms with Crippen LogP contribution in [0.1, 0.15) is 39.0 Å². The lowest BCUT2D eigenvalue weighted by Gasteiger charge is -2.36. The van der Waals surface area contributed by atoms with Crippen molar-refractivity contribution in [3.8, 4) is 17.2 Å². The van der Waals surface area contributed by atoms with Crippen molar-refractivity contribution in [1.82, 2.24) is 4.90 Å². The van der Waals surface area contributed by atoms with Crippen LogP contribution in [0.3, 0.4) is 0 Å². The average molecular weight is 390 g/mol. The monoisotopic (exact) mass is 390 g/mol. The van der Waals surface area contributed by atoms with Crippen LogP contribution in [0, 0.1) is 5.92 Å². The number of hydrogen-bond donors (Lipinski definition) is 0. The molecule has 2 amide bonds. The molecule has 2 atom stereocenters. The molecule has 154 valence electrons. The highest BCUT2D eigenvalue weighted by atomic mass is 16.5. The molecule has 0 bridgehead atoms. The van der Waals surface area contributed by atoms with E-state index in [9.17, 15) is 9.59 Å². The van der Waals surface area contributed by atoms with Gasteiger partial charge in [-0.2, -0.15) is 0 Å². The average Bonchev–Trinajstić information content (AvgIpc) is 3.13. The predicted octanol–water partition coefficient (Wildman–Crippen LogP) is 2.86. The molecule has 1 aromatic carbocycles. The molecule has 0 spiro atoms. The van der Waals surface area contributed by atoms with Crippen LogP contribution in [-0.4, -0.2) is 57.2 Å². The highest BCUT2D eigenvalue weighted by Crippen LogP contribution is 2.42. The summed E-state index contributed by atoms with van der Waals surface area (Å²) in [4.78, 5) is 29.5. The lowest BCUT2D eigenvalue weighted by atomic mass is 9.97. The molecule has 7 heteroatoms. The smallest absolute Gasteiger partial charge is 0.228 e. The van der Waals surface area contributed by atoms with Gasteiger partial charge in [0, 0.05) is 37.7 Å². The minimum absolute atomic E-state index is 0.0577. The Morgan fingerprint density at radius 3 is 2.36 bits per heavy atom. The third-order valence-electron chi connectivity index (χ3n) is 5.82. The molecule has 0 N–H and O–H groups in total. The van der Waals surface area contributed by atoms with E-state index in [0.717, 1.165) is 25.8 Å². The molecule has 0 aromatic heterocycles. The van der Waals surface area contributed by atoms with Gasteiger partial charge >= 0.3 is 0 Å². The number of anilines is 1. The number of nitrogens with zero attached hydrogens (tertiary/aromatic N) is 2. The van der Waals surface area contributed by atoms with Crippen molar-refractivity contribution in [2.24, 2.45) is 5.92 Å². The van der Waals surface area contributed by atoms with Gasteiger partial charge in [0.15, 0.2) is 11.5 Å².